The summed E-state index contributed by atoms with van der Waals surface area (Å²) in [5.41, 5.74) is 1.14. The van der Waals surface area contributed by atoms with Gasteiger partial charge in [0.2, 0.25) is 22.8 Å². The summed E-state index contributed by atoms with van der Waals surface area (Å²) in [7, 11) is 0. The molecule has 1 atom stereocenters. The predicted octanol–water partition coefficient (Wildman–Crippen LogP) is 2.06. The smallest absolute Gasteiger partial charge is 0.229 e. The highest BCUT2D eigenvalue weighted by Crippen LogP contribution is 2.38. The van der Waals surface area contributed by atoms with Crippen molar-refractivity contribution in [2.45, 2.75) is 38.1 Å². The van der Waals surface area contributed by atoms with Gasteiger partial charge in [-0.05, 0) is 18.4 Å². The van der Waals surface area contributed by atoms with Crippen LogP contribution in [0.1, 0.15) is 47.5 Å². The SMILES string of the molecule is O=C(NCc1noc(C2CC2)n1)C1CC(=O)N(c2nnc(Cc3ccccc3)s2)C1. The van der Waals surface area contributed by atoms with E-state index in [1.165, 1.54) is 11.3 Å². The predicted molar refractivity (Wildman–Crippen MR) is 108 cm³/mol. The number of rotatable bonds is 7. The number of hydrogen-bond acceptors (Lipinski definition) is 8. The lowest BCUT2D eigenvalue weighted by Crippen LogP contribution is -2.32. The van der Waals surface area contributed by atoms with Crippen molar-refractivity contribution in [3.63, 3.8) is 0 Å². The molecule has 2 amide bonds. The number of nitrogens with one attached hydrogen (secondary N) is 1. The van der Waals surface area contributed by atoms with Crippen LogP contribution in [0.3, 0.4) is 0 Å². The van der Waals surface area contributed by atoms with Gasteiger partial charge >= 0.3 is 0 Å². The Labute approximate surface area is 176 Å². The summed E-state index contributed by atoms with van der Waals surface area (Å²) in [5.74, 6) is 0.728. The fourth-order valence-electron chi connectivity index (χ4n) is 3.41. The maximum atomic E-state index is 12.5. The fourth-order valence-corrected chi connectivity index (χ4v) is 4.31. The monoisotopic (exact) mass is 424 g/mol. The summed E-state index contributed by atoms with van der Waals surface area (Å²) >= 11 is 1.38. The molecule has 1 aromatic carbocycles. The number of benzene rings is 1. The highest BCUT2D eigenvalue weighted by atomic mass is 32.1. The Hall–Kier alpha value is -3.14. The fraction of sp³-hybridized carbons (Fsp3) is 0.400. The first-order valence-electron chi connectivity index (χ1n) is 9.92. The van der Waals surface area contributed by atoms with Crippen LogP contribution in [0.4, 0.5) is 5.13 Å². The molecule has 154 valence electrons. The van der Waals surface area contributed by atoms with Gasteiger partial charge in [-0.25, -0.2) is 0 Å². The molecule has 1 unspecified atom stereocenters. The van der Waals surface area contributed by atoms with Crippen LogP contribution in [0, 0.1) is 5.92 Å². The van der Waals surface area contributed by atoms with Crippen LogP contribution in [0.15, 0.2) is 34.9 Å². The minimum absolute atomic E-state index is 0.117. The number of carbonyl (C=O) groups is 2. The van der Waals surface area contributed by atoms with Gasteiger partial charge in [0.25, 0.3) is 0 Å². The first-order valence-corrected chi connectivity index (χ1v) is 10.7. The molecule has 0 spiro atoms. The Bertz CT molecular complexity index is 1060. The van der Waals surface area contributed by atoms with E-state index in [2.05, 4.69) is 25.7 Å². The van der Waals surface area contributed by atoms with Crippen LogP contribution in [-0.2, 0) is 22.6 Å². The van der Waals surface area contributed by atoms with Crippen LogP contribution in [-0.4, -0.2) is 38.7 Å². The normalized spacial score (nSPS) is 18.7. The largest absolute Gasteiger partial charge is 0.348 e. The number of amides is 2. The van der Waals surface area contributed by atoms with Crippen molar-refractivity contribution in [2.24, 2.45) is 5.92 Å². The molecule has 3 aromatic rings. The van der Waals surface area contributed by atoms with E-state index in [0.29, 0.717) is 35.7 Å². The van der Waals surface area contributed by atoms with Gasteiger partial charge in [-0.15, -0.1) is 10.2 Å². The molecule has 1 saturated carbocycles. The quantitative estimate of drug-likeness (QED) is 0.617. The molecular weight excluding hydrogens is 404 g/mol. The molecule has 9 nitrogen and oxygen atoms in total. The molecule has 2 fully saturated rings. The molecule has 3 heterocycles. The third kappa shape index (κ3) is 4.09. The molecule has 1 aliphatic heterocycles. The van der Waals surface area contributed by atoms with Crippen molar-refractivity contribution in [1.29, 1.82) is 0 Å². The number of carbonyl (C=O) groups excluding carboxylic acids is 2. The standard InChI is InChI=1S/C20H20N6O3S/c27-17-9-14(18(28)21-10-15-22-19(29-25-15)13-6-7-13)11-26(17)20-24-23-16(30-20)8-12-4-2-1-3-5-12/h1-5,13-14H,6-11H2,(H,21,28). The highest BCUT2D eigenvalue weighted by Gasteiger charge is 2.37. The minimum Gasteiger partial charge on any atom is -0.348 e. The maximum absolute atomic E-state index is 12.5. The molecule has 1 saturated heterocycles. The molecule has 2 aliphatic rings. The van der Waals surface area contributed by atoms with Gasteiger partial charge in [-0.2, -0.15) is 4.98 Å². The molecule has 2 aromatic heterocycles. The van der Waals surface area contributed by atoms with Crippen molar-refractivity contribution < 1.29 is 14.1 Å². The number of aromatic nitrogens is 4. The van der Waals surface area contributed by atoms with E-state index in [1.807, 2.05) is 30.3 Å². The number of anilines is 1. The van der Waals surface area contributed by atoms with Gasteiger partial charge in [0.15, 0.2) is 5.82 Å². The molecule has 1 N–H and O–H groups in total. The number of hydrogen-bond donors (Lipinski definition) is 1. The lowest BCUT2D eigenvalue weighted by Gasteiger charge is -2.12. The lowest BCUT2D eigenvalue weighted by atomic mass is 10.1. The Balaban J connectivity index is 1.17. The summed E-state index contributed by atoms with van der Waals surface area (Å²) in [6, 6.07) is 9.98. The maximum Gasteiger partial charge on any atom is 0.229 e. The molecule has 10 heteroatoms. The average molecular weight is 424 g/mol. The average Bonchev–Trinajstić information content (AvgIpc) is 3.13. The lowest BCUT2D eigenvalue weighted by molar-refractivity contribution is -0.126. The third-order valence-corrected chi connectivity index (χ3v) is 6.16. The zero-order valence-electron chi connectivity index (χ0n) is 16.2. The van der Waals surface area contributed by atoms with E-state index in [4.69, 9.17) is 4.52 Å². The van der Waals surface area contributed by atoms with E-state index >= 15 is 0 Å². The summed E-state index contributed by atoms with van der Waals surface area (Å²) in [5, 5.41) is 16.4. The van der Waals surface area contributed by atoms with Gasteiger partial charge in [-0.1, -0.05) is 46.8 Å². The minimum atomic E-state index is -0.436. The molecule has 0 bridgehead atoms. The molecule has 0 radical (unpaired) electrons. The van der Waals surface area contributed by atoms with Gasteiger partial charge in [0.05, 0.1) is 12.5 Å². The molecule has 1 aliphatic carbocycles. The molecule has 5 rings (SSSR count). The Kier molecular flexibility index (Phi) is 4.99. The van der Waals surface area contributed by atoms with Crippen LogP contribution < -0.4 is 10.2 Å². The van der Waals surface area contributed by atoms with Crippen LogP contribution in [0.25, 0.3) is 0 Å². The van der Waals surface area contributed by atoms with Crippen LogP contribution >= 0.6 is 11.3 Å². The number of nitrogens with zero attached hydrogens (tertiary/aromatic N) is 5. The first kappa shape index (κ1) is 18.9. The van der Waals surface area contributed by atoms with Gasteiger partial charge in [-0.3, -0.25) is 14.5 Å². The highest BCUT2D eigenvalue weighted by molar-refractivity contribution is 7.15. The van der Waals surface area contributed by atoms with Crippen LogP contribution in [0.2, 0.25) is 0 Å². The Morgan fingerprint density at radius 1 is 1.23 bits per heavy atom. The van der Waals surface area contributed by atoms with Crippen LogP contribution in [0.5, 0.6) is 0 Å². The summed E-state index contributed by atoms with van der Waals surface area (Å²) < 4.78 is 5.19. The zero-order valence-corrected chi connectivity index (χ0v) is 17.0. The molecule has 30 heavy (non-hydrogen) atoms. The van der Waals surface area contributed by atoms with Crippen molar-refractivity contribution in [3.8, 4) is 0 Å². The van der Waals surface area contributed by atoms with E-state index in [0.717, 1.165) is 23.4 Å². The van der Waals surface area contributed by atoms with E-state index in [-0.39, 0.29) is 24.8 Å². The van der Waals surface area contributed by atoms with E-state index in [9.17, 15) is 9.59 Å². The Morgan fingerprint density at radius 3 is 2.87 bits per heavy atom. The van der Waals surface area contributed by atoms with Gasteiger partial charge < -0.3 is 9.84 Å². The van der Waals surface area contributed by atoms with Crippen molar-refractivity contribution in [1.82, 2.24) is 25.7 Å². The summed E-state index contributed by atoms with van der Waals surface area (Å²) in [6.45, 7) is 0.490. The zero-order chi connectivity index (χ0) is 20.5. The first-order chi connectivity index (χ1) is 14.7. The van der Waals surface area contributed by atoms with Gasteiger partial charge in [0, 0.05) is 25.3 Å². The summed E-state index contributed by atoms with van der Waals surface area (Å²) in [6.07, 6.45) is 2.97. The second-order valence-electron chi connectivity index (χ2n) is 7.59. The molecular formula is C20H20N6O3S. The second-order valence-corrected chi connectivity index (χ2v) is 8.63. The van der Waals surface area contributed by atoms with Crippen molar-refractivity contribution >= 4 is 28.3 Å². The Morgan fingerprint density at radius 2 is 2.07 bits per heavy atom. The van der Waals surface area contributed by atoms with Gasteiger partial charge in [0.1, 0.15) is 5.01 Å². The second kappa shape index (κ2) is 7.94. The van der Waals surface area contributed by atoms with Crippen molar-refractivity contribution in [3.05, 3.63) is 52.6 Å². The third-order valence-electron chi connectivity index (χ3n) is 5.21. The van der Waals surface area contributed by atoms with Crippen molar-refractivity contribution in [2.75, 3.05) is 11.4 Å². The summed E-state index contributed by atoms with van der Waals surface area (Å²) in [4.78, 5) is 30.8. The topological polar surface area (TPSA) is 114 Å². The van der Waals surface area contributed by atoms with E-state index in [1.54, 1.807) is 4.90 Å². The van der Waals surface area contributed by atoms with E-state index < -0.39 is 5.92 Å².